The normalized spacial score (nSPS) is 12.8. The zero-order valence-electron chi connectivity index (χ0n) is 11.1. The van der Waals surface area contributed by atoms with Crippen molar-refractivity contribution in [1.29, 1.82) is 0 Å². The molecule has 1 aliphatic carbocycles. The van der Waals surface area contributed by atoms with E-state index in [2.05, 4.69) is 36.4 Å². The second kappa shape index (κ2) is 4.31. The van der Waals surface area contributed by atoms with Crippen LogP contribution in [0.15, 0.2) is 54.6 Å². The zero-order valence-corrected chi connectivity index (χ0v) is 11.1. The Bertz CT molecular complexity index is 820. The first kappa shape index (κ1) is 11.4. The van der Waals surface area contributed by atoms with E-state index in [1.54, 1.807) is 0 Å². The second-order valence-electron chi connectivity index (χ2n) is 5.36. The fourth-order valence-corrected chi connectivity index (χ4v) is 3.28. The monoisotopic (exact) mass is 258 g/mol. The average Bonchev–Trinajstić information content (AvgIpc) is 2.93. The molecule has 0 heterocycles. The second-order valence-corrected chi connectivity index (χ2v) is 5.36. The Labute approximate surface area is 117 Å². The number of rotatable bonds is 2. The summed E-state index contributed by atoms with van der Waals surface area (Å²) in [6.45, 7) is 0. The predicted octanol–water partition coefficient (Wildman–Crippen LogP) is 4.42. The highest BCUT2D eigenvalue weighted by Crippen LogP contribution is 2.37. The van der Waals surface area contributed by atoms with Gasteiger partial charge in [0.2, 0.25) is 0 Å². The Morgan fingerprint density at radius 2 is 1.65 bits per heavy atom. The van der Waals surface area contributed by atoms with Gasteiger partial charge in [0.15, 0.2) is 0 Å². The Morgan fingerprint density at radius 1 is 0.850 bits per heavy atom. The minimum atomic E-state index is 0.728. The number of aldehydes is 1. The summed E-state index contributed by atoms with van der Waals surface area (Å²) < 4.78 is 0. The van der Waals surface area contributed by atoms with E-state index in [1.165, 1.54) is 27.5 Å². The van der Waals surface area contributed by atoms with Gasteiger partial charge in [-0.25, -0.2) is 0 Å². The van der Waals surface area contributed by atoms with Crippen molar-refractivity contribution in [1.82, 2.24) is 0 Å². The average molecular weight is 258 g/mol. The van der Waals surface area contributed by atoms with Crippen LogP contribution in [-0.4, -0.2) is 6.29 Å². The maximum absolute atomic E-state index is 11.0. The van der Waals surface area contributed by atoms with Gasteiger partial charge in [-0.15, -0.1) is 0 Å². The molecular weight excluding hydrogens is 244 g/mol. The van der Waals surface area contributed by atoms with Crippen molar-refractivity contribution in [2.75, 3.05) is 0 Å². The summed E-state index contributed by atoms with van der Waals surface area (Å²) >= 11 is 0. The Morgan fingerprint density at radius 3 is 2.50 bits per heavy atom. The first-order chi connectivity index (χ1) is 9.86. The van der Waals surface area contributed by atoms with E-state index in [-0.39, 0.29) is 0 Å². The Hall–Kier alpha value is -2.41. The quantitative estimate of drug-likeness (QED) is 0.622. The van der Waals surface area contributed by atoms with E-state index in [9.17, 15) is 4.79 Å². The topological polar surface area (TPSA) is 17.1 Å². The molecule has 0 aliphatic heterocycles. The highest BCUT2D eigenvalue weighted by molar-refractivity contribution is 6.01. The number of carbonyl (C=O) groups is 1. The van der Waals surface area contributed by atoms with Crippen LogP contribution in [0.2, 0.25) is 0 Å². The number of hydrogen-bond donors (Lipinski definition) is 0. The molecule has 0 aromatic heterocycles. The van der Waals surface area contributed by atoms with Crippen LogP contribution in [0.25, 0.3) is 21.9 Å². The van der Waals surface area contributed by atoms with E-state index < -0.39 is 0 Å². The molecule has 1 aliphatic rings. The van der Waals surface area contributed by atoms with Gasteiger partial charge in [-0.2, -0.15) is 0 Å². The molecule has 3 aromatic rings. The number of aryl methyl sites for hydroxylation is 2. The molecule has 0 amide bonds. The molecule has 1 nitrogen and oxygen atoms in total. The number of hydrogen-bond acceptors (Lipinski definition) is 1. The maximum atomic E-state index is 11.0. The molecule has 0 bridgehead atoms. The third kappa shape index (κ3) is 1.60. The van der Waals surface area contributed by atoms with Crippen molar-refractivity contribution in [3.8, 4) is 11.1 Å². The Kier molecular flexibility index (Phi) is 2.46. The maximum Gasteiger partial charge on any atom is 0.150 e. The van der Waals surface area contributed by atoms with E-state index in [1.807, 2.05) is 18.2 Å². The molecule has 4 rings (SSSR count). The lowest BCUT2D eigenvalue weighted by Gasteiger charge is -2.09. The van der Waals surface area contributed by atoms with Crippen LogP contribution in [0.3, 0.4) is 0 Å². The van der Waals surface area contributed by atoms with Gasteiger partial charge in [-0.1, -0.05) is 48.5 Å². The van der Waals surface area contributed by atoms with Crippen LogP contribution in [-0.2, 0) is 12.8 Å². The van der Waals surface area contributed by atoms with Gasteiger partial charge in [0.05, 0.1) is 0 Å². The van der Waals surface area contributed by atoms with Crippen LogP contribution < -0.4 is 0 Å². The predicted molar refractivity (Wildman–Crippen MR) is 82.2 cm³/mol. The minimum Gasteiger partial charge on any atom is -0.298 e. The lowest BCUT2D eigenvalue weighted by atomic mass is 9.94. The molecule has 0 spiro atoms. The van der Waals surface area contributed by atoms with E-state index in [0.717, 1.165) is 30.3 Å². The van der Waals surface area contributed by atoms with Crippen molar-refractivity contribution in [2.45, 2.75) is 12.8 Å². The van der Waals surface area contributed by atoms with Gasteiger partial charge in [0.1, 0.15) is 6.29 Å². The van der Waals surface area contributed by atoms with Crippen LogP contribution in [0.1, 0.15) is 21.5 Å². The fourth-order valence-electron chi connectivity index (χ4n) is 3.28. The van der Waals surface area contributed by atoms with E-state index >= 15 is 0 Å². The van der Waals surface area contributed by atoms with Crippen LogP contribution in [0.5, 0.6) is 0 Å². The first-order valence-corrected chi connectivity index (χ1v) is 6.96. The van der Waals surface area contributed by atoms with Gasteiger partial charge in [-0.05, 0) is 51.9 Å². The summed E-state index contributed by atoms with van der Waals surface area (Å²) in [5.41, 5.74) is 5.96. The summed E-state index contributed by atoms with van der Waals surface area (Å²) in [7, 11) is 0. The molecule has 0 N–H and O–H groups in total. The molecule has 0 atom stereocenters. The minimum absolute atomic E-state index is 0.728. The van der Waals surface area contributed by atoms with Crippen LogP contribution in [0, 0.1) is 0 Å². The van der Waals surface area contributed by atoms with Crippen molar-refractivity contribution in [3.63, 3.8) is 0 Å². The standard InChI is InChI=1S/C19H14O/c20-12-13-3-1-5-16(11-13)17-10-9-15-8-7-14-4-2-6-18(17)19(14)15/h1-6,9-12H,7-8H2. The van der Waals surface area contributed by atoms with Gasteiger partial charge in [-0.3, -0.25) is 4.79 Å². The van der Waals surface area contributed by atoms with Gasteiger partial charge >= 0.3 is 0 Å². The molecule has 0 radical (unpaired) electrons. The Balaban J connectivity index is 2.03. The molecule has 0 unspecified atom stereocenters. The van der Waals surface area contributed by atoms with E-state index in [0.29, 0.717) is 0 Å². The molecule has 0 fully saturated rings. The van der Waals surface area contributed by atoms with Gasteiger partial charge < -0.3 is 0 Å². The van der Waals surface area contributed by atoms with Crippen molar-refractivity contribution < 1.29 is 4.79 Å². The number of carbonyl (C=O) groups excluding carboxylic acids is 1. The van der Waals surface area contributed by atoms with Crippen molar-refractivity contribution in [2.24, 2.45) is 0 Å². The molecule has 96 valence electrons. The fraction of sp³-hybridized carbons (Fsp3) is 0.105. The first-order valence-electron chi connectivity index (χ1n) is 6.96. The van der Waals surface area contributed by atoms with Crippen molar-refractivity contribution in [3.05, 3.63) is 71.3 Å². The molecule has 20 heavy (non-hydrogen) atoms. The molecular formula is C19H14O. The molecule has 3 aromatic carbocycles. The summed E-state index contributed by atoms with van der Waals surface area (Å²) in [5, 5.41) is 2.72. The van der Waals surface area contributed by atoms with Crippen molar-refractivity contribution >= 4 is 17.1 Å². The molecule has 0 saturated carbocycles. The summed E-state index contributed by atoms with van der Waals surface area (Å²) in [5.74, 6) is 0. The van der Waals surface area contributed by atoms with Crippen LogP contribution >= 0.6 is 0 Å². The van der Waals surface area contributed by atoms with E-state index in [4.69, 9.17) is 0 Å². The van der Waals surface area contributed by atoms with Crippen LogP contribution in [0.4, 0.5) is 0 Å². The zero-order chi connectivity index (χ0) is 13.5. The highest BCUT2D eigenvalue weighted by Gasteiger charge is 2.16. The lowest BCUT2D eigenvalue weighted by Crippen LogP contribution is -1.86. The number of benzene rings is 3. The SMILES string of the molecule is O=Cc1cccc(-c2ccc3c4c(cccc24)CC3)c1. The third-order valence-electron chi connectivity index (χ3n) is 4.21. The molecule has 0 saturated heterocycles. The smallest absolute Gasteiger partial charge is 0.150 e. The lowest BCUT2D eigenvalue weighted by molar-refractivity contribution is 0.112. The molecule has 1 heteroatoms. The largest absolute Gasteiger partial charge is 0.298 e. The summed E-state index contributed by atoms with van der Waals surface area (Å²) in [6, 6.07) is 18.8. The summed E-state index contributed by atoms with van der Waals surface area (Å²) in [6.07, 6.45) is 3.19. The summed E-state index contributed by atoms with van der Waals surface area (Å²) in [4.78, 5) is 11.0. The van der Waals surface area contributed by atoms with Gasteiger partial charge in [0.25, 0.3) is 0 Å². The third-order valence-corrected chi connectivity index (χ3v) is 4.21. The van der Waals surface area contributed by atoms with Gasteiger partial charge in [0, 0.05) is 5.56 Å². The highest BCUT2D eigenvalue weighted by atomic mass is 16.1.